The third kappa shape index (κ3) is 2.04. The van der Waals surface area contributed by atoms with Gasteiger partial charge in [0.25, 0.3) is 0 Å². The Kier molecular flexibility index (Phi) is 2.77. The lowest BCUT2D eigenvalue weighted by atomic mass is 9.94. The van der Waals surface area contributed by atoms with E-state index in [1.807, 2.05) is 0 Å². The summed E-state index contributed by atoms with van der Waals surface area (Å²) in [5.41, 5.74) is 3.13. The van der Waals surface area contributed by atoms with E-state index in [-0.39, 0.29) is 0 Å². The van der Waals surface area contributed by atoms with Gasteiger partial charge in [-0.15, -0.1) is 11.6 Å². The molecule has 0 radical (unpaired) electrons. The van der Waals surface area contributed by atoms with Gasteiger partial charge in [0, 0.05) is 0 Å². The molecule has 16 heavy (non-hydrogen) atoms. The van der Waals surface area contributed by atoms with Crippen LogP contribution in [-0.4, -0.2) is 5.38 Å². The van der Waals surface area contributed by atoms with Crippen molar-refractivity contribution < 1.29 is 0 Å². The van der Waals surface area contributed by atoms with E-state index in [0.29, 0.717) is 5.38 Å². The Labute approximate surface area is 102 Å². The third-order valence-corrected chi connectivity index (χ3v) is 4.18. The number of benzene rings is 1. The minimum atomic E-state index is 0.292. The molecular formula is C15H17Cl. The van der Waals surface area contributed by atoms with Crippen molar-refractivity contribution in [2.24, 2.45) is 5.92 Å². The number of allylic oxidation sites excluding steroid dienone is 2. The van der Waals surface area contributed by atoms with Crippen molar-refractivity contribution >= 4 is 11.6 Å². The molecular weight excluding hydrogens is 216 g/mol. The third-order valence-electron chi connectivity index (χ3n) is 3.83. The summed E-state index contributed by atoms with van der Waals surface area (Å²) in [6.45, 7) is 0. The average Bonchev–Trinajstić information content (AvgIpc) is 3.10. The second-order valence-corrected chi connectivity index (χ2v) is 5.57. The van der Waals surface area contributed by atoms with Crippen LogP contribution in [0.4, 0.5) is 0 Å². The molecule has 84 valence electrons. The van der Waals surface area contributed by atoms with Crippen LogP contribution in [0.3, 0.4) is 0 Å². The summed E-state index contributed by atoms with van der Waals surface area (Å²) < 4.78 is 0. The molecule has 2 aliphatic rings. The van der Waals surface area contributed by atoms with Crippen LogP contribution in [0.15, 0.2) is 42.0 Å². The SMILES string of the molecule is ClC1C=C(C2CC2c2ccccc2)CCC1. The Bertz CT molecular complexity index is 393. The van der Waals surface area contributed by atoms with Crippen molar-refractivity contribution in [2.45, 2.75) is 37.0 Å². The van der Waals surface area contributed by atoms with Crippen LogP contribution >= 0.6 is 11.6 Å². The van der Waals surface area contributed by atoms with E-state index < -0.39 is 0 Å². The first kappa shape index (κ1) is 10.4. The van der Waals surface area contributed by atoms with Gasteiger partial charge in [-0.3, -0.25) is 0 Å². The summed E-state index contributed by atoms with van der Waals surface area (Å²) in [6, 6.07) is 10.9. The second-order valence-electron chi connectivity index (χ2n) is 5.01. The molecule has 3 unspecified atom stereocenters. The van der Waals surface area contributed by atoms with Gasteiger partial charge < -0.3 is 0 Å². The molecule has 0 aromatic heterocycles. The van der Waals surface area contributed by atoms with E-state index in [1.54, 1.807) is 5.57 Å². The highest BCUT2D eigenvalue weighted by atomic mass is 35.5. The molecule has 3 atom stereocenters. The van der Waals surface area contributed by atoms with Crippen molar-refractivity contribution in [1.82, 2.24) is 0 Å². The van der Waals surface area contributed by atoms with E-state index in [1.165, 1.54) is 24.8 Å². The standard InChI is InChI=1S/C15H17Cl/c16-13-8-4-7-12(9-13)15-10-14(15)11-5-2-1-3-6-11/h1-3,5-6,9,13-15H,4,7-8,10H2. The zero-order valence-electron chi connectivity index (χ0n) is 9.40. The van der Waals surface area contributed by atoms with Gasteiger partial charge in [-0.25, -0.2) is 0 Å². The van der Waals surface area contributed by atoms with Crippen LogP contribution in [0.2, 0.25) is 0 Å². The normalized spacial score (nSPS) is 33.3. The topological polar surface area (TPSA) is 0 Å². The molecule has 0 aliphatic heterocycles. The number of halogens is 1. The molecule has 0 saturated heterocycles. The number of alkyl halides is 1. The number of hydrogen-bond donors (Lipinski definition) is 0. The van der Waals surface area contributed by atoms with Crippen molar-refractivity contribution in [2.75, 3.05) is 0 Å². The number of hydrogen-bond acceptors (Lipinski definition) is 0. The largest absolute Gasteiger partial charge is 0.118 e. The molecule has 3 rings (SSSR count). The monoisotopic (exact) mass is 232 g/mol. The Hall–Kier alpha value is -0.750. The van der Waals surface area contributed by atoms with Gasteiger partial charge in [0.2, 0.25) is 0 Å². The second kappa shape index (κ2) is 4.25. The molecule has 0 heterocycles. The van der Waals surface area contributed by atoms with Gasteiger partial charge in [-0.05, 0) is 43.1 Å². The molecule has 1 fully saturated rings. The molecule has 0 bridgehead atoms. The van der Waals surface area contributed by atoms with E-state index in [2.05, 4.69) is 36.4 Å². The van der Waals surface area contributed by atoms with Gasteiger partial charge in [-0.2, -0.15) is 0 Å². The van der Waals surface area contributed by atoms with Crippen LogP contribution in [0.5, 0.6) is 0 Å². The maximum Gasteiger partial charge on any atom is 0.0518 e. The maximum absolute atomic E-state index is 6.20. The van der Waals surface area contributed by atoms with Gasteiger partial charge >= 0.3 is 0 Å². The predicted molar refractivity (Wildman–Crippen MR) is 68.9 cm³/mol. The highest BCUT2D eigenvalue weighted by molar-refractivity contribution is 6.21. The lowest BCUT2D eigenvalue weighted by Crippen LogP contribution is -2.05. The molecule has 0 amide bonds. The predicted octanol–water partition coefficient (Wildman–Crippen LogP) is 4.51. The minimum absolute atomic E-state index is 0.292. The van der Waals surface area contributed by atoms with Crippen LogP contribution < -0.4 is 0 Å². The van der Waals surface area contributed by atoms with E-state index in [4.69, 9.17) is 11.6 Å². The molecule has 0 spiro atoms. The van der Waals surface area contributed by atoms with E-state index in [9.17, 15) is 0 Å². The molecule has 1 saturated carbocycles. The summed E-state index contributed by atoms with van der Waals surface area (Å²) in [6.07, 6.45) is 7.36. The maximum atomic E-state index is 6.20. The van der Waals surface area contributed by atoms with Gasteiger partial charge in [0.15, 0.2) is 0 Å². The van der Waals surface area contributed by atoms with Crippen molar-refractivity contribution in [3.8, 4) is 0 Å². The molecule has 1 heteroatoms. The fourth-order valence-electron chi connectivity index (χ4n) is 2.88. The Morgan fingerprint density at radius 3 is 2.62 bits per heavy atom. The van der Waals surface area contributed by atoms with Crippen molar-refractivity contribution in [1.29, 1.82) is 0 Å². The molecule has 2 aliphatic carbocycles. The summed E-state index contributed by atoms with van der Waals surface area (Å²) in [5.74, 6) is 1.57. The zero-order chi connectivity index (χ0) is 11.0. The van der Waals surface area contributed by atoms with Gasteiger partial charge in [0.1, 0.15) is 0 Å². The van der Waals surface area contributed by atoms with Crippen LogP contribution in [0, 0.1) is 5.92 Å². The van der Waals surface area contributed by atoms with Crippen molar-refractivity contribution in [3.05, 3.63) is 47.5 Å². The van der Waals surface area contributed by atoms with E-state index in [0.717, 1.165) is 18.3 Å². The van der Waals surface area contributed by atoms with Crippen LogP contribution in [-0.2, 0) is 0 Å². The van der Waals surface area contributed by atoms with Gasteiger partial charge in [-0.1, -0.05) is 42.0 Å². The van der Waals surface area contributed by atoms with Crippen LogP contribution in [0.1, 0.15) is 37.2 Å². The average molecular weight is 233 g/mol. The highest BCUT2D eigenvalue weighted by Crippen LogP contribution is 2.53. The highest BCUT2D eigenvalue weighted by Gasteiger charge is 2.40. The lowest BCUT2D eigenvalue weighted by molar-refractivity contribution is 0.669. The molecule has 1 aromatic rings. The Morgan fingerprint density at radius 2 is 1.88 bits per heavy atom. The Morgan fingerprint density at radius 1 is 1.06 bits per heavy atom. The van der Waals surface area contributed by atoms with Gasteiger partial charge in [0.05, 0.1) is 5.38 Å². The summed E-state index contributed by atoms with van der Waals surface area (Å²) in [7, 11) is 0. The Balaban J connectivity index is 1.72. The first-order valence-corrected chi connectivity index (χ1v) is 6.68. The van der Waals surface area contributed by atoms with Crippen molar-refractivity contribution in [3.63, 3.8) is 0 Å². The number of rotatable bonds is 2. The quantitative estimate of drug-likeness (QED) is 0.520. The summed E-state index contributed by atoms with van der Waals surface area (Å²) in [4.78, 5) is 0. The summed E-state index contributed by atoms with van der Waals surface area (Å²) in [5, 5.41) is 0.292. The molecule has 0 nitrogen and oxygen atoms in total. The van der Waals surface area contributed by atoms with Crippen LogP contribution in [0.25, 0.3) is 0 Å². The fourth-order valence-corrected chi connectivity index (χ4v) is 3.20. The van der Waals surface area contributed by atoms with E-state index >= 15 is 0 Å². The summed E-state index contributed by atoms with van der Waals surface area (Å²) >= 11 is 6.20. The first-order chi connectivity index (χ1) is 7.84. The molecule has 0 N–H and O–H groups in total. The zero-order valence-corrected chi connectivity index (χ0v) is 10.2. The lowest BCUT2D eigenvalue weighted by Gasteiger charge is -2.16. The minimum Gasteiger partial charge on any atom is -0.118 e. The molecule has 1 aromatic carbocycles. The first-order valence-electron chi connectivity index (χ1n) is 6.24. The smallest absolute Gasteiger partial charge is 0.0518 e. The fraction of sp³-hybridized carbons (Fsp3) is 0.467.